The lowest BCUT2D eigenvalue weighted by Crippen LogP contribution is -2.00. The van der Waals surface area contributed by atoms with E-state index in [-0.39, 0.29) is 5.78 Å². The molecule has 1 heteroatoms. The van der Waals surface area contributed by atoms with E-state index in [0.717, 1.165) is 16.7 Å². The lowest BCUT2D eigenvalue weighted by Gasteiger charge is -2.01. The molecule has 0 heterocycles. The second-order valence-corrected chi connectivity index (χ2v) is 3.56. The fourth-order valence-electron chi connectivity index (χ4n) is 1.54. The van der Waals surface area contributed by atoms with Crippen molar-refractivity contribution in [2.45, 2.75) is 34.6 Å². The summed E-state index contributed by atoms with van der Waals surface area (Å²) in [6.45, 7) is 9.99. The Morgan fingerprint density at radius 3 is 1.79 bits per heavy atom. The van der Waals surface area contributed by atoms with E-state index in [2.05, 4.69) is 0 Å². The van der Waals surface area contributed by atoms with Crippen LogP contribution in [0.3, 0.4) is 0 Å². The van der Waals surface area contributed by atoms with Crippen LogP contribution in [-0.4, -0.2) is 5.78 Å². The Hall–Kier alpha value is -1.89. The number of carbonyl (C=O) groups is 1. The molecule has 0 N–H and O–H groups in total. The number of rotatable bonds is 2. The molecule has 0 aliphatic heterocycles. The van der Waals surface area contributed by atoms with Crippen molar-refractivity contribution >= 4 is 5.78 Å². The van der Waals surface area contributed by atoms with E-state index in [4.69, 9.17) is 0 Å². The van der Waals surface area contributed by atoms with Crippen LogP contribution >= 0.6 is 0 Å². The Labute approximate surface area is 117 Å². The molecular weight excluding hydrogens is 232 g/mol. The van der Waals surface area contributed by atoms with Gasteiger partial charge >= 0.3 is 0 Å². The summed E-state index contributed by atoms with van der Waals surface area (Å²) in [7, 11) is 0. The highest BCUT2D eigenvalue weighted by Gasteiger charge is 2.07. The van der Waals surface area contributed by atoms with Gasteiger partial charge in [0.1, 0.15) is 0 Å². The highest BCUT2D eigenvalue weighted by atomic mass is 16.1. The third-order valence-electron chi connectivity index (χ3n) is 2.32. The molecule has 0 aliphatic rings. The van der Waals surface area contributed by atoms with E-state index >= 15 is 0 Å². The normalized spacial score (nSPS) is 8.47. The van der Waals surface area contributed by atoms with Gasteiger partial charge in [-0.05, 0) is 13.0 Å². The number of hydrogen-bond donors (Lipinski definition) is 0. The molecule has 19 heavy (non-hydrogen) atoms. The van der Waals surface area contributed by atoms with Gasteiger partial charge in [-0.3, -0.25) is 4.79 Å². The number of hydrogen-bond acceptors (Lipinski definition) is 1. The smallest absolute Gasteiger partial charge is 0.193 e. The maximum atomic E-state index is 12.0. The molecule has 2 aromatic rings. The predicted octanol–water partition coefficient (Wildman–Crippen LogP) is 5.28. The summed E-state index contributed by atoms with van der Waals surface area (Å²) >= 11 is 0. The van der Waals surface area contributed by atoms with Gasteiger partial charge < -0.3 is 0 Å². The molecule has 1 nitrogen and oxygen atoms in total. The van der Waals surface area contributed by atoms with Crippen LogP contribution in [0.15, 0.2) is 54.6 Å². The molecule has 2 aromatic carbocycles. The maximum Gasteiger partial charge on any atom is 0.193 e. The van der Waals surface area contributed by atoms with Gasteiger partial charge in [0.25, 0.3) is 0 Å². The van der Waals surface area contributed by atoms with Crippen molar-refractivity contribution in [1.82, 2.24) is 0 Å². The predicted molar refractivity (Wildman–Crippen MR) is 83.7 cm³/mol. The van der Waals surface area contributed by atoms with Crippen LogP contribution in [-0.2, 0) is 0 Å². The minimum Gasteiger partial charge on any atom is -0.289 e. The lowest BCUT2D eigenvalue weighted by molar-refractivity contribution is 0.103. The fourth-order valence-corrected chi connectivity index (χ4v) is 1.54. The molecule has 102 valence electrons. The molecule has 2 rings (SSSR count). The number of benzene rings is 2. The van der Waals surface area contributed by atoms with Crippen LogP contribution in [0, 0.1) is 6.92 Å². The summed E-state index contributed by atoms with van der Waals surface area (Å²) in [5, 5.41) is 0. The third kappa shape index (κ3) is 5.52. The average molecular weight is 256 g/mol. The van der Waals surface area contributed by atoms with Crippen molar-refractivity contribution < 1.29 is 4.79 Å². The minimum atomic E-state index is 0.0827. The summed E-state index contributed by atoms with van der Waals surface area (Å²) in [5.41, 5.74) is 2.60. The van der Waals surface area contributed by atoms with E-state index in [1.54, 1.807) is 0 Å². The van der Waals surface area contributed by atoms with Crippen molar-refractivity contribution in [2.75, 3.05) is 0 Å². The second kappa shape index (κ2) is 10.1. The number of aryl methyl sites for hydroxylation is 1. The van der Waals surface area contributed by atoms with Gasteiger partial charge in [0, 0.05) is 11.1 Å². The third-order valence-corrected chi connectivity index (χ3v) is 2.32. The van der Waals surface area contributed by atoms with E-state index in [1.807, 2.05) is 89.2 Å². The van der Waals surface area contributed by atoms with Gasteiger partial charge in [-0.1, -0.05) is 81.8 Å². The molecule has 0 atom stereocenters. The molecule has 0 saturated heterocycles. The van der Waals surface area contributed by atoms with Crippen LogP contribution in [0.25, 0.3) is 0 Å². The Morgan fingerprint density at radius 2 is 1.26 bits per heavy atom. The van der Waals surface area contributed by atoms with Gasteiger partial charge in [0.2, 0.25) is 0 Å². The largest absolute Gasteiger partial charge is 0.289 e. The van der Waals surface area contributed by atoms with Crippen LogP contribution in [0.5, 0.6) is 0 Å². The van der Waals surface area contributed by atoms with E-state index in [9.17, 15) is 4.79 Å². The van der Waals surface area contributed by atoms with Crippen LogP contribution in [0.4, 0.5) is 0 Å². The van der Waals surface area contributed by atoms with Gasteiger partial charge in [-0.2, -0.15) is 0 Å². The zero-order chi connectivity index (χ0) is 14.7. The van der Waals surface area contributed by atoms with E-state index in [0.29, 0.717) is 0 Å². The van der Waals surface area contributed by atoms with Crippen molar-refractivity contribution in [3.05, 3.63) is 71.3 Å². The van der Waals surface area contributed by atoms with E-state index < -0.39 is 0 Å². The molecular formula is C18H24O. The number of carbonyl (C=O) groups excluding carboxylic acids is 1. The zero-order valence-electron chi connectivity index (χ0n) is 12.6. The quantitative estimate of drug-likeness (QED) is 0.668. The summed E-state index contributed by atoms with van der Waals surface area (Å²) in [6.07, 6.45) is 0. The maximum absolute atomic E-state index is 12.0. The standard InChI is InChI=1S/C14H12O.2C2H6/c1-11-6-5-9-13(10-11)14(15)12-7-3-2-4-8-12;2*1-2/h2-10H,1H3;2*1-2H3. The van der Waals surface area contributed by atoms with Crippen molar-refractivity contribution in [3.8, 4) is 0 Å². The van der Waals surface area contributed by atoms with Gasteiger partial charge in [-0.25, -0.2) is 0 Å². The minimum absolute atomic E-state index is 0.0827. The molecule has 0 aromatic heterocycles. The molecule has 0 bridgehead atoms. The Kier molecular flexibility index (Phi) is 9.07. The molecule has 0 saturated carbocycles. The fraction of sp³-hybridized carbons (Fsp3) is 0.278. The Bertz CT molecular complexity index is 472. The Morgan fingerprint density at radius 1 is 0.737 bits per heavy atom. The molecule has 0 fully saturated rings. The topological polar surface area (TPSA) is 17.1 Å². The van der Waals surface area contributed by atoms with Crippen molar-refractivity contribution in [1.29, 1.82) is 0 Å². The first kappa shape index (κ1) is 17.1. The molecule has 0 unspecified atom stereocenters. The van der Waals surface area contributed by atoms with E-state index in [1.165, 1.54) is 0 Å². The van der Waals surface area contributed by atoms with Crippen LogP contribution in [0.2, 0.25) is 0 Å². The molecule has 0 amide bonds. The highest BCUT2D eigenvalue weighted by molar-refractivity contribution is 6.09. The van der Waals surface area contributed by atoms with Crippen LogP contribution in [0.1, 0.15) is 49.2 Å². The monoisotopic (exact) mass is 256 g/mol. The summed E-state index contributed by atoms with van der Waals surface area (Å²) in [4.78, 5) is 12.0. The lowest BCUT2D eigenvalue weighted by atomic mass is 10.0. The first-order valence-corrected chi connectivity index (χ1v) is 6.94. The SMILES string of the molecule is CC.CC.Cc1cccc(C(=O)c2ccccc2)c1. The number of ketones is 1. The second-order valence-electron chi connectivity index (χ2n) is 3.56. The van der Waals surface area contributed by atoms with Crippen molar-refractivity contribution in [3.63, 3.8) is 0 Å². The summed E-state index contributed by atoms with van der Waals surface area (Å²) in [6, 6.07) is 17.0. The van der Waals surface area contributed by atoms with Gasteiger partial charge in [0.15, 0.2) is 5.78 Å². The first-order chi connectivity index (χ1) is 9.27. The molecule has 0 spiro atoms. The first-order valence-electron chi connectivity index (χ1n) is 6.94. The van der Waals surface area contributed by atoms with Gasteiger partial charge in [0.05, 0.1) is 0 Å². The molecule has 0 aliphatic carbocycles. The summed E-state index contributed by atoms with van der Waals surface area (Å²) < 4.78 is 0. The van der Waals surface area contributed by atoms with Gasteiger partial charge in [-0.15, -0.1) is 0 Å². The van der Waals surface area contributed by atoms with Crippen LogP contribution < -0.4 is 0 Å². The average Bonchev–Trinajstić information content (AvgIpc) is 2.51. The van der Waals surface area contributed by atoms with Crippen molar-refractivity contribution in [2.24, 2.45) is 0 Å². The highest BCUT2D eigenvalue weighted by Crippen LogP contribution is 2.10. The Balaban J connectivity index is 0.000000741. The summed E-state index contributed by atoms with van der Waals surface area (Å²) in [5.74, 6) is 0.0827. The molecule has 0 radical (unpaired) electrons. The zero-order valence-corrected chi connectivity index (χ0v) is 12.6.